The molecule has 4 rings (SSSR count). The van der Waals surface area contributed by atoms with Gasteiger partial charge in [0.2, 0.25) is 0 Å². The Balaban J connectivity index is 1.41. The second kappa shape index (κ2) is 9.34. The Morgan fingerprint density at radius 2 is 1.56 bits per heavy atom. The van der Waals surface area contributed by atoms with Crippen LogP contribution in [0.15, 0.2) is 88.1 Å². The zero-order valence-corrected chi connectivity index (χ0v) is 17.6. The summed E-state index contributed by atoms with van der Waals surface area (Å²) in [5.41, 5.74) is 2.40. The van der Waals surface area contributed by atoms with E-state index in [1.807, 2.05) is 36.4 Å². The molecular weight excluding hydrogens is 408 g/mol. The van der Waals surface area contributed by atoms with E-state index in [1.165, 1.54) is 9.47 Å². The van der Waals surface area contributed by atoms with Crippen LogP contribution in [0.25, 0.3) is 11.1 Å². The summed E-state index contributed by atoms with van der Waals surface area (Å²) in [6.45, 7) is 0.447. The maximum absolute atomic E-state index is 13.0. The molecule has 0 aliphatic carbocycles. The number of ether oxygens (including phenoxy) is 1. The van der Waals surface area contributed by atoms with Crippen LogP contribution in [-0.4, -0.2) is 30.1 Å². The van der Waals surface area contributed by atoms with Crippen LogP contribution in [0.4, 0.5) is 5.69 Å². The van der Waals surface area contributed by atoms with Crippen LogP contribution in [0.3, 0.4) is 0 Å². The molecule has 0 bridgehead atoms. The first-order valence-corrected chi connectivity index (χ1v) is 10.2. The third-order valence-electron chi connectivity index (χ3n) is 5.16. The van der Waals surface area contributed by atoms with Crippen molar-refractivity contribution < 1.29 is 18.7 Å². The van der Waals surface area contributed by atoms with Crippen LogP contribution in [-0.2, 0) is 11.3 Å². The zero-order chi connectivity index (χ0) is 22.5. The normalized spacial score (nSPS) is 10.8. The first-order chi connectivity index (χ1) is 15.6. The minimum atomic E-state index is -0.584. The van der Waals surface area contributed by atoms with E-state index < -0.39 is 11.7 Å². The highest BCUT2D eigenvalue weighted by molar-refractivity contribution is 6.11. The molecule has 162 valence electrons. The number of esters is 1. The van der Waals surface area contributed by atoms with Gasteiger partial charge in [0.1, 0.15) is 0 Å². The van der Waals surface area contributed by atoms with Gasteiger partial charge in [-0.2, -0.15) is 0 Å². The number of benzene rings is 3. The highest BCUT2D eigenvalue weighted by atomic mass is 16.5. The van der Waals surface area contributed by atoms with Gasteiger partial charge in [0.25, 0.3) is 5.91 Å². The van der Waals surface area contributed by atoms with Gasteiger partial charge in [0.15, 0.2) is 5.58 Å². The number of fused-ring (bicyclic) bond motifs is 1. The quantitative estimate of drug-likeness (QED) is 0.325. The molecule has 0 saturated heterocycles. The molecule has 0 N–H and O–H groups in total. The topological polar surface area (TPSA) is 81.8 Å². The van der Waals surface area contributed by atoms with Crippen molar-refractivity contribution in [2.75, 3.05) is 18.6 Å². The molecule has 0 atom stereocenters. The summed E-state index contributed by atoms with van der Waals surface area (Å²) in [4.78, 5) is 39.2. The number of hydrogen-bond donors (Lipinski definition) is 0. The third kappa shape index (κ3) is 4.32. The highest BCUT2D eigenvalue weighted by Crippen LogP contribution is 2.18. The van der Waals surface area contributed by atoms with Crippen molar-refractivity contribution in [1.29, 1.82) is 0 Å². The van der Waals surface area contributed by atoms with Gasteiger partial charge in [0, 0.05) is 19.3 Å². The van der Waals surface area contributed by atoms with Gasteiger partial charge in [-0.3, -0.25) is 9.36 Å². The monoisotopic (exact) mass is 430 g/mol. The molecule has 0 fully saturated rings. The summed E-state index contributed by atoms with van der Waals surface area (Å²) in [6.07, 6.45) is 0.426. The van der Waals surface area contributed by atoms with Crippen molar-refractivity contribution in [3.05, 3.63) is 101 Å². The first-order valence-electron chi connectivity index (χ1n) is 10.2. The fourth-order valence-corrected chi connectivity index (χ4v) is 3.49. The number of amides is 1. The standard InChI is InChI=1S/C25H22N2O5/c1-26(18-10-3-2-4-11-18)23(28)19-12-5-6-13-20(19)24(29)31-17-9-16-27-21-14-7-8-15-22(21)32-25(27)30/h2-8,10-15H,9,16-17H2,1H3. The molecule has 1 heterocycles. The lowest BCUT2D eigenvalue weighted by Gasteiger charge is -2.18. The van der Waals surface area contributed by atoms with Crippen LogP contribution < -0.4 is 10.7 Å². The number of carbonyl (C=O) groups excluding carboxylic acids is 2. The Morgan fingerprint density at radius 3 is 2.34 bits per heavy atom. The summed E-state index contributed by atoms with van der Waals surface area (Å²) in [7, 11) is 1.66. The van der Waals surface area contributed by atoms with Crippen LogP contribution in [0.1, 0.15) is 27.1 Å². The summed E-state index contributed by atoms with van der Waals surface area (Å²) >= 11 is 0. The van der Waals surface area contributed by atoms with E-state index in [2.05, 4.69) is 0 Å². The summed E-state index contributed by atoms with van der Waals surface area (Å²) < 4.78 is 12.1. The number of aromatic nitrogens is 1. The van der Waals surface area contributed by atoms with Gasteiger partial charge in [-0.1, -0.05) is 42.5 Å². The Kier molecular flexibility index (Phi) is 6.17. The number of carbonyl (C=O) groups is 2. The van der Waals surface area contributed by atoms with Gasteiger partial charge in [-0.05, 0) is 42.8 Å². The summed E-state index contributed by atoms with van der Waals surface area (Å²) in [5, 5.41) is 0. The molecule has 0 radical (unpaired) electrons. The molecule has 7 nitrogen and oxygen atoms in total. The molecule has 1 amide bonds. The lowest BCUT2D eigenvalue weighted by atomic mass is 10.1. The molecule has 4 aromatic rings. The largest absolute Gasteiger partial charge is 0.462 e. The molecule has 0 aliphatic rings. The maximum atomic E-state index is 13.0. The number of rotatable bonds is 7. The Hall–Kier alpha value is -4.13. The Bertz CT molecular complexity index is 1310. The van der Waals surface area contributed by atoms with Crippen LogP contribution >= 0.6 is 0 Å². The molecule has 7 heteroatoms. The van der Waals surface area contributed by atoms with E-state index in [0.29, 0.717) is 24.1 Å². The van der Waals surface area contributed by atoms with Crippen molar-refractivity contribution in [1.82, 2.24) is 4.57 Å². The molecular formula is C25H22N2O5. The van der Waals surface area contributed by atoms with Gasteiger partial charge < -0.3 is 14.1 Å². The van der Waals surface area contributed by atoms with Crippen molar-refractivity contribution in [3.8, 4) is 0 Å². The molecule has 1 aromatic heterocycles. The van der Waals surface area contributed by atoms with Crippen LogP contribution in [0, 0.1) is 0 Å². The number of nitrogens with zero attached hydrogens (tertiary/aromatic N) is 2. The second-order valence-corrected chi connectivity index (χ2v) is 7.22. The van der Waals surface area contributed by atoms with Gasteiger partial charge in [-0.15, -0.1) is 0 Å². The highest BCUT2D eigenvalue weighted by Gasteiger charge is 2.21. The predicted molar refractivity (Wildman–Crippen MR) is 121 cm³/mol. The number of anilines is 1. The number of hydrogen-bond acceptors (Lipinski definition) is 5. The first kappa shape index (κ1) is 21.1. The van der Waals surface area contributed by atoms with Crippen LogP contribution in [0.2, 0.25) is 0 Å². The van der Waals surface area contributed by atoms with Crippen molar-refractivity contribution in [2.24, 2.45) is 0 Å². The lowest BCUT2D eigenvalue weighted by molar-refractivity contribution is 0.0493. The third-order valence-corrected chi connectivity index (χ3v) is 5.16. The smallest absolute Gasteiger partial charge is 0.419 e. The van der Waals surface area contributed by atoms with E-state index in [4.69, 9.17) is 9.15 Å². The van der Waals surface area contributed by atoms with E-state index >= 15 is 0 Å². The van der Waals surface area contributed by atoms with Gasteiger partial charge in [-0.25, -0.2) is 9.59 Å². The zero-order valence-electron chi connectivity index (χ0n) is 17.6. The van der Waals surface area contributed by atoms with E-state index in [0.717, 1.165) is 5.69 Å². The Labute approximate surface area is 184 Å². The molecule has 0 spiro atoms. The van der Waals surface area contributed by atoms with Crippen molar-refractivity contribution in [3.63, 3.8) is 0 Å². The number of aryl methyl sites for hydroxylation is 1. The number of oxazole rings is 1. The van der Waals surface area contributed by atoms with E-state index in [9.17, 15) is 14.4 Å². The van der Waals surface area contributed by atoms with Crippen molar-refractivity contribution >= 4 is 28.7 Å². The summed E-state index contributed by atoms with van der Waals surface area (Å²) in [5.74, 6) is -1.34. The minimum absolute atomic E-state index is 0.0990. The molecule has 0 unspecified atom stereocenters. The number of para-hydroxylation sites is 3. The Morgan fingerprint density at radius 1 is 0.906 bits per heavy atom. The molecule has 32 heavy (non-hydrogen) atoms. The maximum Gasteiger partial charge on any atom is 0.419 e. The second-order valence-electron chi connectivity index (χ2n) is 7.22. The average Bonchev–Trinajstić information content (AvgIpc) is 3.16. The average molecular weight is 430 g/mol. The summed E-state index contributed by atoms with van der Waals surface area (Å²) in [6, 6.07) is 22.9. The van der Waals surface area contributed by atoms with Gasteiger partial charge >= 0.3 is 11.7 Å². The van der Waals surface area contributed by atoms with Crippen molar-refractivity contribution in [2.45, 2.75) is 13.0 Å². The molecule has 0 aliphatic heterocycles. The minimum Gasteiger partial charge on any atom is -0.462 e. The van der Waals surface area contributed by atoms with Gasteiger partial charge in [0.05, 0.1) is 23.3 Å². The predicted octanol–water partition coefficient (Wildman–Crippen LogP) is 4.12. The SMILES string of the molecule is CN(C(=O)c1ccccc1C(=O)OCCCn1c(=O)oc2ccccc21)c1ccccc1. The van der Waals surface area contributed by atoms with E-state index in [1.54, 1.807) is 49.5 Å². The fourth-order valence-electron chi connectivity index (χ4n) is 3.49. The van der Waals surface area contributed by atoms with E-state index in [-0.39, 0.29) is 23.6 Å². The van der Waals surface area contributed by atoms with Crippen LogP contribution in [0.5, 0.6) is 0 Å². The fraction of sp³-hybridized carbons (Fsp3) is 0.160. The lowest BCUT2D eigenvalue weighted by Crippen LogP contribution is -2.28. The molecule has 3 aromatic carbocycles. The molecule has 0 saturated carbocycles.